The van der Waals surface area contributed by atoms with Gasteiger partial charge in [0.25, 0.3) is 0 Å². The molecule has 0 bridgehead atoms. The lowest BCUT2D eigenvalue weighted by Gasteiger charge is -2.35. The normalized spacial score (nSPS) is 15.2. The molecule has 1 aliphatic heterocycles. The molecule has 0 atom stereocenters. The number of benzene rings is 2. The third kappa shape index (κ3) is 4.13. The van der Waals surface area contributed by atoms with Gasteiger partial charge in [-0.1, -0.05) is 0 Å². The summed E-state index contributed by atoms with van der Waals surface area (Å²) in [6.07, 6.45) is 0. The predicted octanol–water partition coefficient (Wildman–Crippen LogP) is 3.00. The van der Waals surface area contributed by atoms with Gasteiger partial charge >= 0.3 is 0 Å². The maximum absolute atomic E-state index is 13.6. The molecule has 1 fully saturated rings. The molecule has 26 heavy (non-hydrogen) atoms. The molecule has 0 aromatic heterocycles. The first-order chi connectivity index (χ1) is 12.4. The van der Waals surface area contributed by atoms with Crippen LogP contribution in [0, 0.1) is 23.3 Å². The summed E-state index contributed by atoms with van der Waals surface area (Å²) in [5.74, 6) is -5.15. The number of hydrogen-bond acceptors (Lipinski definition) is 3. The van der Waals surface area contributed by atoms with Gasteiger partial charge in [0.05, 0.1) is 12.2 Å². The maximum atomic E-state index is 13.6. The van der Waals surface area contributed by atoms with Gasteiger partial charge in [0.2, 0.25) is 5.91 Å². The van der Waals surface area contributed by atoms with Gasteiger partial charge in [-0.05, 0) is 36.4 Å². The number of halogens is 4. The highest BCUT2D eigenvalue weighted by molar-refractivity contribution is 5.92. The summed E-state index contributed by atoms with van der Waals surface area (Å²) in [6.45, 7) is 2.49. The first-order valence-electron chi connectivity index (χ1n) is 8.10. The molecular formula is C18H17F4N3O. The van der Waals surface area contributed by atoms with Gasteiger partial charge in [0.1, 0.15) is 5.82 Å². The summed E-state index contributed by atoms with van der Waals surface area (Å²) in [5.41, 5.74) is 0.512. The summed E-state index contributed by atoms with van der Waals surface area (Å²) in [7, 11) is 0. The Morgan fingerprint density at radius 1 is 0.885 bits per heavy atom. The number of anilines is 2. The van der Waals surface area contributed by atoms with Gasteiger partial charge in [-0.15, -0.1) is 0 Å². The Balaban J connectivity index is 1.52. The summed E-state index contributed by atoms with van der Waals surface area (Å²) in [6, 6.07) is 7.93. The summed E-state index contributed by atoms with van der Waals surface area (Å²) in [4.78, 5) is 16.0. The molecule has 0 spiro atoms. The highest BCUT2D eigenvalue weighted by Gasteiger charge is 2.21. The molecule has 0 unspecified atom stereocenters. The summed E-state index contributed by atoms with van der Waals surface area (Å²) in [5, 5.41) is 2.26. The van der Waals surface area contributed by atoms with E-state index >= 15 is 0 Å². The monoisotopic (exact) mass is 367 g/mol. The molecule has 2 aromatic carbocycles. The average molecular weight is 367 g/mol. The lowest BCUT2D eigenvalue weighted by molar-refractivity contribution is -0.117. The summed E-state index contributed by atoms with van der Waals surface area (Å²) < 4.78 is 52.7. The van der Waals surface area contributed by atoms with E-state index in [1.165, 1.54) is 12.1 Å². The number of carbonyl (C=O) groups excluding carboxylic acids is 1. The van der Waals surface area contributed by atoms with E-state index in [1.54, 1.807) is 12.1 Å². The van der Waals surface area contributed by atoms with Crippen molar-refractivity contribution in [1.82, 2.24) is 4.90 Å². The van der Waals surface area contributed by atoms with Crippen LogP contribution in [0.2, 0.25) is 0 Å². The lowest BCUT2D eigenvalue weighted by atomic mass is 10.2. The lowest BCUT2D eigenvalue weighted by Crippen LogP contribution is -2.48. The number of rotatable bonds is 4. The van der Waals surface area contributed by atoms with E-state index in [0.717, 1.165) is 17.8 Å². The Kier molecular flexibility index (Phi) is 5.41. The smallest absolute Gasteiger partial charge is 0.238 e. The van der Waals surface area contributed by atoms with E-state index in [4.69, 9.17) is 0 Å². The Labute approximate surface area is 148 Å². The van der Waals surface area contributed by atoms with Crippen molar-refractivity contribution in [1.29, 1.82) is 0 Å². The second kappa shape index (κ2) is 7.74. The van der Waals surface area contributed by atoms with E-state index in [1.807, 2.05) is 4.90 Å². The molecule has 0 radical (unpaired) electrons. The van der Waals surface area contributed by atoms with Gasteiger partial charge in [-0.25, -0.2) is 17.6 Å². The Hall–Kier alpha value is -2.61. The van der Waals surface area contributed by atoms with Gasteiger partial charge in [0.15, 0.2) is 17.5 Å². The fourth-order valence-corrected chi connectivity index (χ4v) is 2.83. The second-order valence-corrected chi connectivity index (χ2v) is 6.01. The van der Waals surface area contributed by atoms with E-state index < -0.39 is 23.4 Å². The zero-order valence-electron chi connectivity index (χ0n) is 13.8. The van der Waals surface area contributed by atoms with E-state index in [-0.39, 0.29) is 18.0 Å². The quantitative estimate of drug-likeness (QED) is 0.667. The molecule has 1 aliphatic rings. The minimum atomic E-state index is -1.62. The minimum absolute atomic E-state index is 0.00962. The SMILES string of the molecule is O=C(CN1CCN(c2ccc(F)cc2)CC1)Nc1ccc(F)c(F)c1F. The minimum Gasteiger partial charge on any atom is -0.369 e. The largest absolute Gasteiger partial charge is 0.369 e. The Morgan fingerprint density at radius 3 is 2.19 bits per heavy atom. The topological polar surface area (TPSA) is 35.6 Å². The Morgan fingerprint density at radius 2 is 1.54 bits per heavy atom. The van der Waals surface area contributed by atoms with Crippen molar-refractivity contribution < 1.29 is 22.4 Å². The van der Waals surface area contributed by atoms with Crippen molar-refractivity contribution >= 4 is 17.3 Å². The van der Waals surface area contributed by atoms with E-state index in [9.17, 15) is 22.4 Å². The van der Waals surface area contributed by atoms with Crippen molar-refractivity contribution in [2.24, 2.45) is 0 Å². The summed E-state index contributed by atoms with van der Waals surface area (Å²) >= 11 is 0. The van der Waals surface area contributed by atoms with Crippen LogP contribution in [0.4, 0.5) is 28.9 Å². The molecule has 1 amide bonds. The predicted molar refractivity (Wildman–Crippen MR) is 90.0 cm³/mol. The maximum Gasteiger partial charge on any atom is 0.238 e. The zero-order chi connectivity index (χ0) is 18.7. The van der Waals surface area contributed by atoms with Crippen LogP contribution in [0.25, 0.3) is 0 Å². The fourth-order valence-electron chi connectivity index (χ4n) is 2.83. The standard InChI is InChI=1S/C18H17F4N3O/c19-12-1-3-13(4-2-12)25-9-7-24(8-10-25)11-16(26)23-15-6-5-14(20)17(21)18(15)22/h1-6H,7-11H2,(H,23,26). The number of amides is 1. The highest BCUT2D eigenvalue weighted by Crippen LogP contribution is 2.20. The van der Waals surface area contributed by atoms with Crippen LogP contribution in [0.3, 0.4) is 0 Å². The third-order valence-electron chi connectivity index (χ3n) is 4.24. The third-order valence-corrected chi connectivity index (χ3v) is 4.24. The molecule has 3 rings (SSSR count). The van der Waals surface area contributed by atoms with Crippen LogP contribution in [0.1, 0.15) is 0 Å². The number of nitrogens with zero attached hydrogens (tertiary/aromatic N) is 2. The second-order valence-electron chi connectivity index (χ2n) is 6.01. The van der Waals surface area contributed by atoms with Gasteiger partial charge < -0.3 is 10.2 Å². The first-order valence-corrected chi connectivity index (χ1v) is 8.10. The molecule has 1 N–H and O–H groups in total. The van der Waals surface area contributed by atoms with Gasteiger partial charge in [-0.2, -0.15) is 0 Å². The van der Waals surface area contributed by atoms with Crippen LogP contribution in [0.5, 0.6) is 0 Å². The number of piperazine rings is 1. The number of hydrogen-bond donors (Lipinski definition) is 1. The van der Waals surface area contributed by atoms with Crippen LogP contribution in [0.15, 0.2) is 36.4 Å². The number of carbonyl (C=O) groups is 1. The van der Waals surface area contributed by atoms with Gasteiger partial charge in [-0.3, -0.25) is 9.69 Å². The fraction of sp³-hybridized carbons (Fsp3) is 0.278. The zero-order valence-corrected chi connectivity index (χ0v) is 13.8. The molecular weight excluding hydrogens is 350 g/mol. The van der Waals surface area contributed by atoms with Gasteiger partial charge in [0, 0.05) is 31.9 Å². The molecule has 2 aromatic rings. The van der Waals surface area contributed by atoms with Crippen LogP contribution >= 0.6 is 0 Å². The van der Waals surface area contributed by atoms with Crippen molar-refractivity contribution in [3.63, 3.8) is 0 Å². The first kappa shape index (κ1) is 18.2. The molecule has 0 saturated carbocycles. The number of nitrogens with one attached hydrogen (secondary N) is 1. The van der Waals surface area contributed by atoms with Crippen molar-refractivity contribution in [2.75, 3.05) is 42.9 Å². The Bertz CT molecular complexity index is 790. The molecule has 0 aliphatic carbocycles. The van der Waals surface area contributed by atoms with Crippen LogP contribution in [-0.4, -0.2) is 43.5 Å². The molecule has 8 heteroatoms. The van der Waals surface area contributed by atoms with Crippen molar-refractivity contribution in [3.8, 4) is 0 Å². The van der Waals surface area contributed by atoms with Crippen molar-refractivity contribution in [3.05, 3.63) is 59.7 Å². The van der Waals surface area contributed by atoms with E-state index in [0.29, 0.717) is 26.2 Å². The molecule has 4 nitrogen and oxygen atoms in total. The van der Waals surface area contributed by atoms with Crippen molar-refractivity contribution in [2.45, 2.75) is 0 Å². The molecule has 1 saturated heterocycles. The molecule has 1 heterocycles. The average Bonchev–Trinajstić information content (AvgIpc) is 2.64. The molecule has 138 valence electrons. The van der Waals surface area contributed by atoms with E-state index in [2.05, 4.69) is 10.2 Å². The highest BCUT2D eigenvalue weighted by atomic mass is 19.2. The van der Waals surface area contributed by atoms with Crippen LogP contribution < -0.4 is 10.2 Å². The van der Waals surface area contributed by atoms with Crippen LogP contribution in [-0.2, 0) is 4.79 Å².